The van der Waals surface area contributed by atoms with E-state index in [1.807, 2.05) is 6.07 Å². The van der Waals surface area contributed by atoms with Crippen LogP contribution in [0.2, 0.25) is 10.0 Å². The van der Waals surface area contributed by atoms with E-state index in [9.17, 15) is 4.79 Å². The molecule has 0 bridgehead atoms. The number of nitrogens with zero attached hydrogens (tertiary/aromatic N) is 3. The van der Waals surface area contributed by atoms with Gasteiger partial charge in [-0.3, -0.25) is 9.69 Å². The van der Waals surface area contributed by atoms with Crippen molar-refractivity contribution in [3.63, 3.8) is 0 Å². The van der Waals surface area contributed by atoms with Crippen LogP contribution in [-0.4, -0.2) is 48.8 Å². The fraction of sp³-hybridized carbons (Fsp3) is 0.250. The number of carbonyl (C=O) groups excluding carboxylic acids is 1. The second kappa shape index (κ2) is 9.80. The average Bonchev–Trinajstić information content (AvgIpc) is 3.18. The number of carbonyl (C=O) groups is 1. The number of benzene rings is 2. The zero-order valence-corrected chi connectivity index (χ0v) is 18.1. The van der Waals surface area contributed by atoms with E-state index >= 15 is 0 Å². The minimum absolute atomic E-state index is 0.119. The lowest BCUT2D eigenvalue weighted by Crippen LogP contribution is -2.29. The first-order chi connectivity index (χ1) is 14.4. The number of halogens is 2. The Hall–Kier alpha value is -2.81. The molecule has 158 valence electrons. The zero-order valence-electron chi connectivity index (χ0n) is 16.6. The standard InChI is InChI=1S/C20H20Cl2N4O4/c1-26(10-18(27)23-13-5-6-14(21)15(22)9-13)11-19-24-20(25-30-19)12-4-7-16(28-2)17(8-12)29-3/h4-9H,10-11H2,1-3H3,(H,23,27). The maximum absolute atomic E-state index is 12.2. The molecule has 0 aliphatic heterocycles. The first-order valence-electron chi connectivity index (χ1n) is 8.88. The van der Waals surface area contributed by atoms with E-state index in [1.54, 1.807) is 56.5 Å². The molecule has 1 amide bonds. The van der Waals surface area contributed by atoms with Gasteiger partial charge in [0, 0.05) is 11.3 Å². The highest BCUT2D eigenvalue weighted by Crippen LogP contribution is 2.31. The van der Waals surface area contributed by atoms with Gasteiger partial charge in [-0.2, -0.15) is 4.98 Å². The molecule has 1 heterocycles. The fourth-order valence-corrected chi connectivity index (χ4v) is 3.02. The Bertz CT molecular complexity index is 1040. The van der Waals surface area contributed by atoms with Gasteiger partial charge < -0.3 is 19.3 Å². The molecule has 3 rings (SSSR count). The van der Waals surface area contributed by atoms with E-state index in [0.29, 0.717) is 45.5 Å². The largest absolute Gasteiger partial charge is 0.493 e. The molecular formula is C20H20Cl2N4O4. The van der Waals surface area contributed by atoms with Gasteiger partial charge in [-0.15, -0.1) is 0 Å². The lowest BCUT2D eigenvalue weighted by atomic mass is 10.2. The Morgan fingerprint density at radius 3 is 2.57 bits per heavy atom. The Morgan fingerprint density at radius 2 is 1.87 bits per heavy atom. The van der Waals surface area contributed by atoms with Crippen LogP contribution in [0.3, 0.4) is 0 Å². The molecule has 1 N–H and O–H groups in total. The lowest BCUT2D eigenvalue weighted by molar-refractivity contribution is -0.117. The number of amides is 1. The molecule has 0 saturated carbocycles. The predicted octanol–water partition coefficient (Wildman–Crippen LogP) is 4.13. The van der Waals surface area contributed by atoms with Gasteiger partial charge in [0.05, 0.1) is 37.4 Å². The minimum Gasteiger partial charge on any atom is -0.493 e. The van der Waals surface area contributed by atoms with E-state index in [0.717, 1.165) is 5.56 Å². The van der Waals surface area contributed by atoms with E-state index in [-0.39, 0.29) is 12.5 Å². The van der Waals surface area contributed by atoms with Crippen molar-refractivity contribution < 1.29 is 18.8 Å². The monoisotopic (exact) mass is 450 g/mol. The Kier molecular flexibility index (Phi) is 7.15. The molecule has 0 aliphatic rings. The van der Waals surface area contributed by atoms with Gasteiger partial charge in [0.15, 0.2) is 11.5 Å². The molecule has 10 heteroatoms. The number of likely N-dealkylation sites (N-methyl/N-ethyl adjacent to an activating group) is 1. The summed E-state index contributed by atoms with van der Waals surface area (Å²) in [5.41, 5.74) is 1.29. The van der Waals surface area contributed by atoms with Crippen LogP contribution in [0.4, 0.5) is 5.69 Å². The second-order valence-electron chi connectivity index (χ2n) is 6.43. The molecule has 3 aromatic rings. The maximum atomic E-state index is 12.2. The number of anilines is 1. The second-order valence-corrected chi connectivity index (χ2v) is 7.25. The van der Waals surface area contributed by atoms with Gasteiger partial charge in [0.1, 0.15) is 0 Å². The quantitative estimate of drug-likeness (QED) is 0.551. The van der Waals surface area contributed by atoms with E-state index in [2.05, 4.69) is 15.5 Å². The van der Waals surface area contributed by atoms with Gasteiger partial charge in [0.25, 0.3) is 0 Å². The normalized spacial score (nSPS) is 10.9. The summed E-state index contributed by atoms with van der Waals surface area (Å²) in [5, 5.41) is 7.56. The van der Waals surface area contributed by atoms with Crippen molar-refractivity contribution in [1.82, 2.24) is 15.0 Å². The first-order valence-corrected chi connectivity index (χ1v) is 9.63. The zero-order chi connectivity index (χ0) is 21.7. The van der Waals surface area contributed by atoms with Crippen LogP contribution >= 0.6 is 23.2 Å². The van der Waals surface area contributed by atoms with Crippen molar-refractivity contribution in [3.05, 3.63) is 52.3 Å². The maximum Gasteiger partial charge on any atom is 0.241 e. The van der Waals surface area contributed by atoms with Gasteiger partial charge in [-0.25, -0.2) is 0 Å². The van der Waals surface area contributed by atoms with Crippen molar-refractivity contribution in [2.45, 2.75) is 6.54 Å². The van der Waals surface area contributed by atoms with Crippen LogP contribution in [0.25, 0.3) is 11.4 Å². The number of nitrogens with one attached hydrogen (secondary N) is 1. The molecular weight excluding hydrogens is 431 g/mol. The van der Waals surface area contributed by atoms with Crippen LogP contribution in [0, 0.1) is 0 Å². The Balaban J connectivity index is 1.60. The summed E-state index contributed by atoms with van der Waals surface area (Å²) in [5.74, 6) is 1.76. The number of ether oxygens (including phenoxy) is 2. The highest BCUT2D eigenvalue weighted by atomic mass is 35.5. The molecule has 0 saturated heterocycles. The Labute approximate surface area is 183 Å². The van der Waals surface area contributed by atoms with Crippen LogP contribution in [0.1, 0.15) is 5.89 Å². The molecule has 0 radical (unpaired) electrons. The van der Waals surface area contributed by atoms with Crippen LogP contribution < -0.4 is 14.8 Å². The summed E-state index contributed by atoms with van der Waals surface area (Å²) in [6, 6.07) is 10.2. The number of rotatable bonds is 8. The number of hydrogen-bond acceptors (Lipinski definition) is 7. The SMILES string of the molecule is COc1ccc(-c2noc(CN(C)CC(=O)Nc3ccc(Cl)c(Cl)c3)n2)cc1OC. The topological polar surface area (TPSA) is 89.7 Å². The van der Waals surface area contributed by atoms with E-state index in [4.69, 9.17) is 37.2 Å². The summed E-state index contributed by atoms with van der Waals surface area (Å²) >= 11 is 11.8. The predicted molar refractivity (Wildman–Crippen MR) is 114 cm³/mol. The summed E-state index contributed by atoms with van der Waals surface area (Å²) in [6.45, 7) is 0.420. The van der Waals surface area contributed by atoms with Gasteiger partial charge in [-0.1, -0.05) is 28.4 Å². The van der Waals surface area contributed by atoms with Crippen LogP contribution in [-0.2, 0) is 11.3 Å². The molecule has 0 unspecified atom stereocenters. The summed E-state index contributed by atoms with van der Waals surface area (Å²) in [7, 11) is 4.90. The van der Waals surface area contributed by atoms with Gasteiger partial charge in [0.2, 0.25) is 17.6 Å². The third-order valence-corrected chi connectivity index (χ3v) is 4.87. The summed E-state index contributed by atoms with van der Waals surface area (Å²) in [6.07, 6.45) is 0. The Morgan fingerprint density at radius 1 is 1.10 bits per heavy atom. The van der Waals surface area contributed by atoms with Crippen LogP contribution in [0.5, 0.6) is 11.5 Å². The first kappa shape index (κ1) is 21.9. The lowest BCUT2D eigenvalue weighted by Gasteiger charge is -2.14. The highest BCUT2D eigenvalue weighted by Gasteiger charge is 2.15. The van der Waals surface area contributed by atoms with Crippen LogP contribution in [0.15, 0.2) is 40.9 Å². The van der Waals surface area contributed by atoms with Gasteiger partial charge >= 0.3 is 0 Å². The number of aromatic nitrogens is 2. The number of hydrogen-bond donors (Lipinski definition) is 1. The molecule has 1 aromatic heterocycles. The molecule has 0 aliphatic carbocycles. The fourth-order valence-electron chi connectivity index (χ4n) is 2.72. The van der Waals surface area contributed by atoms with Crippen molar-refractivity contribution in [2.75, 3.05) is 33.1 Å². The van der Waals surface area contributed by atoms with Gasteiger partial charge in [-0.05, 0) is 43.4 Å². The third-order valence-electron chi connectivity index (χ3n) is 4.13. The molecule has 30 heavy (non-hydrogen) atoms. The molecule has 0 fully saturated rings. The van der Waals surface area contributed by atoms with Crippen molar-refractivity contribution >= 4 is 34.8 Å². The van der Waals surface area contributed by atoms with Crippen molar-refractivity contribution in [2.24, 2.45) is 0 Å². The molecule has 0 spiro atoms. The van der Waals surface area contributed by atoms with Crippen molar-refractivity contribution in [1.29, 1.82) is 0 Å². The molecule has 2 aromatic carbocycles. The highest BCUT2D eigenvalue weighted by molar-refractivity contribution is 6.42. The summed E-state index contributed by atoms with van der Waals surface area (Å²) in [4.78, 5) is 18.4. The molecule has 0 atom stereocenters. The molecule has 8 nitrogen and oxygen atoms in total. The minimum atomic E-state index is -0.212. The number of methoxy groups -OCH3 is 2. The van der Waals surface area contributed by atoms with E-state index < -0.39 is 0 Å². The van der Waals surface area contributed by atoms with Crippen molar-refractivity contribution in [3.8, 4) is 22.9 Å². The smallest absolute Gasteiger partial charge is 0.241 e. The third kappa shape index (κ3) is 5.41. The van der Waals surface area contributed by atoms with E-state index in [1.165, 1.54) is 0 Å². The summed E-state index contributed by atoms with van der Waals surface area (Å²) < 4.78 is 15.8. The average molecular weight is 451 g/mol.